The predicted octanol–water partition coefficient (Wildman–Crippen LogP) is 4.30. The van der Waals surface area contributed by atoms with Gasteiger partial charge in [0.15, 0.2) is 0 Å². The van der Waals surface area contributed by atoms with Crippen LogP contribution in [0.4, 0.5) is 4.39 Å². The van der Waals surface area contributed by atoms with Crippen LogP contribution in [0.25, 0.3) is 0 Å². The maximum absolute atomic E-state index is 13.9. The van der Waals surface area contributed by atoms with Crippen molar-refractivity contribution >= 4 is 23.5 Å². The van der Waals surface area contributed by atoms with Crippen molar-refractivity contribution in [3.63, 3.8) is 0 Å². The third-order valence-corrected chi connectivity index (χ3v) is 7.64. The van der Waals surface area contributed by atoms with Gasteiger partial charge in [-0.1, -0.05) is 17.8 Å². The highest BCUT2D eigenvalue weighted by molar-refractivity contribution is 7.99. The summed E-state index contributed by atoms with van der Waals surface area (Å²) in [7, 11) is 0. The normalized spacial score (nSPS) is 20.5. The number of aliphatic hydroxyl groups excluding tert-OH is 1. The molecule has 1 fully saturated rings. The second kappa shape index (κ2) is 9.18. The molecule has 1 N–H and O–H groups in total. The average molecular weight is 419 g/mol. The first-order chi connectivity index (χ1) is 13.7. The average Bonchev–Trinajstić information content (AvgIpc) is 2.88. The number of thioether (sulfide) groups is 1. The molecule has 0 aliphatic carbocycles. The predicted molar refractivity (Wildman–Crippen MR) is 115 cm³/mol. The fourth-order valence-corrected chi connectivity index (χ4v) is 5.74. The van der Waals surface area contributed by atoms with Gasteiger partial charge in [-0.05, 0) is 60.6 Å². The second-order valence-electron chi connectivity index (χ2n) is 7.43. The molecule has 28 heavy (non-hydrogen) atoms. The molecule has 0 bridgehead atoms. The zero-order chi connectivity index (χ0) is 19.5. The summed E-state index contributed by atoms with van der Waals surface area (Å²) in [5.74, 6) is -0.163. The standard InChI is InChI=1S/C22H27FN2OS2/c1-27-18-5-6-21-19(15-18)20(13-16-3-4-17(23)14-22(16)28-21)25-10-8-24(9-11-25)7-2-12-26/h3-6,14-15,20,26H,2,7-13H2,1H3/t20-/m0/s1. The maximum atomic E-state index is 13.9. The van der Waals surface area contributed by atoms with Crippen LogP contribution in [-0.2, 0) is 6.42 Å². The molecule has 6 heteroatoms. The third kappa shape index (κ3) is 4.41. The summed E-state index contributed by atoms with van der Waals surface area (Å²) < 4.78 is 13.9. The van der Waals surface area contributed by atoms with E-state index in [-0.39, 0.29) is 12.4 Å². The fourth-order valence-electron chi connectivity index (χ4n) is 4.15. The first-order valence-corrected chi connectivity index (χ1v) is 11.9. The second-order valence-corrected chi connectivity index (χ2v) is 9.40. The fraction of sp³-hybridized carbons (Fsp3) is 0.455. The molecular formula is C22H27FN2OS2. The van der Waals surface area contributed by atoms with Crippen molar-refractivity contribution in [3.05, 3.63) is 53.3 Å². The Kier molecular flexibility index (Phi) is 6.63. The Labute approximate surface area is 175 Å². The monoisotopic (exact) mass is 418 g/mol. The van der Waals surface area contributed by atoms with Crippen molar-refractivity contribution in [2.75, 3.05) is 45.6 Å². The van der Waals surface area contributed by atoms with Crippen molar-refractivity contribution in [1.82, 2.24) is 9.80 Å². The van der Waals surface area contributed by atoms with E-state index in [4.69, 9.17) is 5.11 Å². The number of hydrogen-bond donors (Lipinski definition) is 1. The SMILES string of the molecule is CSc1ccc2c(c1)[C@@H](N1CCN(CCCO)CC1)Cc1ccc(F)cc1S2. The van der Waals surface area contributed by atoms with Crippen molar-refractivity contribution in [2.24, 2.45) is 0 Å². The molecule has 3 nitrogen and oxygen atoms in total. The Bertz CT molecular complexity index is 824. The molecule has 0 amide bonds. The Morgan fingerprint density at radius 1 is 1.11 bits per heavy atom. The number of aliphatic hydroxyl groups is 1. The quantitative estimate of drug-likeness (QED) is 0.731. The van der Waals surface area contributed by atoms with Crippen LogP contribution >= 0.6 is 23.5 Å². The molecule has 2 aromatic rings. The minimum absolute atomic E-state index is 0.163. The summed E-state index contributed by atoms with van der Waals surface area (Å²) in [6, 6.07) is 12.3. The molecule has 0 saturated carbocycles. The van der Waals surface area contributed by atoms with E-state index in [1.54, 1.807) is 35.7 Å². The zero-order valence-corrected chi connectivity index (χ0v) is 17.9. The van der Waals surface area contributed by atoms with Crippen LogP contribution in [0.5, 0.6) is 0 Å². The first-order valence-electron chi connectivity index (χ1n) is 9.89. The highest BCUT2D eigenvalue weighted by Gasteiger charge is 2.30. The van der Waals surface area contributed by atoms with Gasteiger partial charge in [0, 0.05) is 60.1 Å². The lowest BCUT2D eigenvalue weighted by Gasteiger charge is -2.39. The Morgan fingerprint density at radius 2 is 1.93 bits per heavy atom. The number of halogens is 1. The smallest absolute Gasteiger partial charge is 0.124 e. The summed E-state index contributed by atoms with van der Waals surface area (Å²) in [4.78, 5) is 8.61. The summed E-state index contributed by atoms with van der Waals surface area (Å²) >= 11 is 3.48. The summed E-state index contributed by atoms with van der Waals surface area (Å²) in [6.07, 6.45) is 3.88. The first kappa shape index (κ1) is 20.2. The molecule has 4 rings (SSSR count). The van der Waals surface area contributed by atoms with E-state index in [0.29, 0.717) is 6.04 Å². The van der Waals surface area contributed by atoms with Gasteiger partial charge >= 0.3 is 0 Å². The van der Waals surface area contributed by atoms with Gasteiger partial charge < -0.3 is 10.0 Å². The van der Waals surface area contributed by atoms with Gasteiger partial charge in [-0.3, -0.25) is 4.90 Å². The van der Waals surface area contributed by atoms with Crippen LogP contribution in [0.1, 0.15) is 23.6 Å². The third-order valence-electron chi connectivity index (χ3n) is 5.72. The molecule has 2 aliphatic rings. The van der Waals surface area contributed by atoms with Crippen molar-refractivity contribution in [3.8, 4) is 0 Å². The lowest BCUT2D eigenvalue weighted by molar-refractivity contribution is 0.0898. The van der Waals surface area contributed by atoms with Crippen molar-refractivity contribution < 1.29 is 9.50 Å². The molecule has 1 atom stereocenters. The largest absolute Gasteiger partial charge is 0.396 e. The van der Waals surface area contributed by atoms with E-state index < -0.39 is 0 Å². The minimum Gasteiger partial charge on any atom is -0.396 e. The van der Waals surface area contributed by atoms with Crippen LogP contribution in [0.2, 0.25) is 0 Å². The van der Waals surface area contributed by atoms with Gasteiger partial charge in [0.25, 0.3) is 0 Å². The molecule has 2 aliphatic heterocycles. The highest BCUT2D eigenvalue weighted by atomic mass is 32.2. The van der Waals surface area contributed by atoms with Crippen molar-refractivity contribution in [2.45, 2.75) is 33.6 Å². The lowest BCUT2D eigenvalue weighted by atomic mass is 9.96. The van der Waals surface area contributed by atoms with E-state index in [0.717, 1.165) is 50.5 Å². The van der Waals surface area contributed by atoms with E-state index in [1.165, 1.54) is 20.9 Å². The van der Waals surface area contributed by atoms with Crippen LogP contribution in [0.3, 0.4) is 0 Å². The van der Waals surface area contributed by atoms with E-state index in [2.05, 4.69) is 34.3 Å². The number of benzene rings is 2. The molecule has 2 heterocycles. The molecule has 0 spiro atoms. The van der Waals surface area contributed by atoms with Crippen LogP contribution < -0.4 is 0 Å². The Morgan fingerprint density at radius 3 is 2.68 bits per heavy atom. The Hall–Kier alpha value is -1.05. The highest BCUT2D eigenvalue weighted by Crippen LogP contribution is 2.44. The number of nitrogens with zero attached hydrogens (tertiary/aromatic N) is 2. The van der Waals surface area contributed by atoms with Gasteiger partial charge in [0.05, 0.1) is 0 Å². The van der Waals surface area contributed by atoms with E-state index in [9.17, 15) is 4.39 Å². The number of fused-ring (bicyclic) bond motifs is 2. The number of rotatable bonds is 5. The Balaban J connectivity index is 1.63. The van der Waals surface area contributed by atoms with Gasteiger partial charge in [-0.15, -0.1) is 11.8 Å². The molecule has 0 aromatic heterocycles. The molecule has 150 valence electrons. The van der Waals surface area contributed by atoms with E-state index >= 15 is 0 Å². The van der Waals surface area contributed by atoms with Crippen LogP contribution in [-0.4, -0.2) is 60.5 Å². The lowest BCUT2D eigenvalue weighted by Crippen LogP contribution is -2.48. The molecule has 2 aromatic carbocycles. The molecule has 0 unspecified atom stereocenters. The van der Waals surface area contributed by atoms with Gasteiger partial charge in [-0.2, -0.15) is 0 Å². The zero-order valence-electron chi connectivity index (χ0n) is 16.2. The molecule has 1 saturated heterocycles. The van der Waals surface area contributed by atoms with Gasteiger partial charge in [0.1, 0.15) is 5.82 Å². The van der Waals surface area contributed by atoms with Gasteiger partial charge in [-0.25, -0.2) is 4.39 Å². The van der Waals surface area contributed by atoms with Crippen LogP contribution in [0.15, 0.2) is 51.1 Å². The maximum Gasteiger partial charge on any atom is 0.124 e. The molecule has 0 radical (unpaired) electrons. The summed E-state index contributed by atoms with van der Waals surface area (Å²) in [5, 5.41) is 9.09. The summed E-state index contributed by atoms with van der Waals surface area (Å²) in [6.45, 7) is 5.37. The minimum atomic E-state index is -0.163. The summed E-state index contributed by atoms with van der Waals surface area (Å²) in [5.41, 5.74) is 2.61. The molecular weight excluding hydrogens is 391 g/mol. The van der Waals surface area contributed by atoms with Gasteiger partial charge in [0.2, 0.25) is 0 Å². The topological polar surface area (TPSA) is 26.7 Å². The number of piperazine rings is 1. The van der Waals surface area contributed by atoms with Crippen molar-refractivity contribution in [1.29, 1.82) is 0 Å². The number of hydrogen-bond acceptors (Lipinski definition) is 5. The van der Waals surface area contributed by atoms with Crippen LogP contribution in [0, 0.1) is 5.82 Å². The van der Waals surface area contributed by atoms with E-state index in [1.807, 2.05) is 6.07 Å².